The minimum Gasteiger partial charge on any atom is -0.275 e. The van der Waals surface area contributed by atoms with Crippen molar-refractivity contribution in [2.24, 2.45) is 11.7 Å². The largest absolute Gasteiger partial charge is 0.343 e. The van der Waals surface area contributed by atoms with Crippen molar-refractivity contribution in [3.05, 3.63) is 35.9 Å². The Bertz CT molecular complexity index is 268. The third-order valence-corrected chi connectivity index (χ3v) is 1.73. The zero-order chi connectivity index (χ0) is 11.7. The molecule has 1 rings (SSSR count). The van der Waals surface area contributed by atoms with Gasteiger partial charge < -0.3 is 0 Å². The van der Waals surface area contributed by atoms with Crippen LogP contribution in [-0.2, 0) is 0 Å². The molecule has 0 unspecified atom stereocenters. The molecule has 5 heteroatoms. The number of rotatable bonds is 1. The first kappa shape index (κ1) is 13.4. The van der Waals surface area contributed by atoms with E-state index in [1.165, 1.54) is 5.56 Å². The van der Waals surface area contributed by atoms with Crippen LogP contribution < -0.4 is 22.5 Å². The SMILES string of the molecule is CC(C)c1ccccc1.NNC(=O)NN. The fraction of sp³-hybridized carbons (Fsp3) is 0.300. The summed E-state index contributed by atoms with van der Waals surface area (Å²) in [7, 11) is 0. The van der Waals surface area contributed by atoms with Crippen LogP contribution in [0.2, 0.25) is 0 Å². The van der Waals surface area contributed by atoms with Gasteiger partial charge in [0, 0.05) is 0 Å². The van der Waals surface area contributed by atoms with Gasteiger partial charge in [-0.15, -0.1) is 0 Å². The summed E-state index contributed by atoms with van der Waals surface area (Å²) in [6.45, 7) is 4.41. The predicted molar refractivity (Wildman–Crippen MR) is 60.6 cm³/mol. The van der Waals surface area contributed by atoms with Gasteiger partial charge in [-0.25, -0.2) is 16.5 Å². The van der Waals surface area contributed by atoms with Crippen LogP contribution in [0.4, 0.5) is 4.79 Å². The molecular formula is C10H18N4O. The number of nitrogens with two attached hydrogens (primary N) is 2. The summed E-state index contributed by atoms with van der Waals surface area (Å²) in [5.74, 6) is 9.74. The van der Waals surface area contributed by atoms with Crippen LogP contribution in [0, 0.1) is 0 Å². The maximum Gasteiger partial charge on any atom is 0.343 e. The molecule has 1 aromatic carbocycles. The maximum absolute atomic E-state index is 9.71. The van der Waals surface area contributed by atoms with E-state index in [0.717, 1.165) is 0 Å². The first-order chi connectivity index (χ1) is 7.11. The Morgan fingerprint density at radius 2 is 1.60 bits per heavy atom. The number of carbonyl (C=O) groups excluding carboxylic acids is 1. The topological polar surface area (TPSA) is 93.2 Å². The molecule has 0 fully saturated rings. The van der Waals surface area contributed by atoms with Crippen LogP contribution in [-0.4, -0.2) is 6.03 Å². The van der Waals surface area contributed by atoms with E-state index >= 15 is 0 Å². The second-order valence-corrected chi connectivity index (χ2v) is 3.18. The number of urea groups is 1. The van der Waals surface area contributed by atoms with Crippen LogP contribution in [0.1, 0.15) is 25.3 Å². The lowest BCUT2D eigenvalue weighted by atomic mass is 10.0. The molecule has 5 nitrogen and oxygen atoms in total. The van der Waals surface area contributed by atoms with Gasteiger partial charge in [-0.3, -0.25) is 10.9 Å². The van der Waals surface area contributed by atoms with Crippen molar-refractivity contribution in [2.45, 2.75) is 19.8 Å². The van der Waals surface area contributed by atoms with Crippen molar-refractivity contribution in [3.8, 4) is 0 Å². The molecule has 0 saturated heterocycles. The van der Waals surface area contributed by atoms with Crippen LogP contribution in [0.15, 0.2) is 30.3 Å². The highest BCUT2D eigenvalue weighted by Gasteiger charge is 1.93. The Hall–Kier alpha value is -1.59. The lowest BCUT2D eigenvalue weighted by Gasteiger charge is -2.01. The maximum atomic E-state index is 9.71. The fourth-order valence-electron chi connectivity index (χ4n) is 0.880. The van der Waals surface area contributed by atoms with Crippen LogP contribution >= 0.6 is 0 Å². The summed E-state index contributed by atoms with van der Waals surface area (Å²) in [5, 5.41) is 0. The van der Waals surface area contributed by atoms with Crippen molar-refractivity contribution in [2.75, 3.05) is 0 Å². The quantitative estimate of drug-likeness (QED) is 0.314. The summed E-state index contributed by atoms with van der Waals surface area (Å²) < 4.78 is 0. The van der Waals surface area contributed by atoms with Gasteiger partial charge >= 0.3 is 6.03 Å². The summed E-state index contributed by atoms with van der Waals surface area (Å²) in [6, 6.07) is 9.92. The highest BCUT2D eigenvalue weighted by Crippen LogP contribution is 2.11. The van der Waals surface area contributed by atoms with E-state index in [9.17, 15) is 4.79 Å². The Balaban J connectivity index is 0.000000288. The average Bonchev–Trinajstić information content (AvgIpc) is 2.30. The van der Waals surface area contributed by atoms with Crippen LogP contribution in [0.3, 0.4) is 0 Å². The van der Waals surface area contributed by atoms with Gasteiger partial charge in [0.15, 0.2) is 0 Å². The van der Waals surface area contributed by atoms with E-state index < -0.39 is 6.03 Å². The van der Waals surface area contributed by atoms with Gasteiger partial charge in [0.1, 0.15) is 0 Å². The van der Waals surface area contributed by atoms with Crippen LogP contribution in [0.25, 0.3) is 0 Å². The third-order valence-electron chi connectivity index (χ3n) is 1.73. The number of carbonyl (C=O) groups is 1. The number of hydrogen-bond acceptors (Lipinski definition) is 3. The number of benzene rings is 1. The molecule has 84 valence electrons. The number of hydrogen-bond donors (Lipinski definition) is 4. The average molecular weight is 210 g/mol. The Labute approximate surface area is 89.8 Å². The summed E-state index contributed by atoms with van der Waals surface area (Å²) >= 11 is 0. The molecule has 0 heterocycles. The predicted octanol–water partition coefficient (Wildman–Crippen LogP) is 0.843. The molecule has 15 heavy (non-hydrogen) atoms. The highest BCUT2D eigenvalue weighted by molar-refractivity contribution is 5.72. The van der Waals surface area contributed by atoms with E-state index in [0.29, 0.717) is 5.92 Å². The first-order valence-corrected chi connectivity index (χ1v) is 4.64. The van der Waals surface area contributed by atoms with E-state index in [1.54, 1.807) is 10.9 Å². The van der Waals surface area contributed by atoms with Crippen molar-refractivity contribution in [1.29, 1.82) is 0 Å². The normalized spacial score (nSPS) is 8.87. The molecular weight excluding hydrogens is 192 g/mol. The molecule has 0 spiro atoms. The molecule has 0 bridgehead atoms. The molecule has 0 aliphatic rings. The smallest absolute Gasteiger partial charge is 0.275 e. The molecule has 0 aliphatic heterocycles. The van der Waals surface area contributed by atoms with E-state index in [-0.39, 0.29) is 0 Å². The lowest BCUT2D eigenvalue weighted by Crippen LogP contribution is -2.43. The van der Waals surface area contributed by atoms with E-state index in [1.807, 2.05) is 6.07 Å². The van der Waals surface area contributed by atoms with Gasteiger partial charge in [-0.05, 0) is 11.5 Å². The zero-order valence-electron chi connectivity index (χ0n) is 9.03. The summed E-state index contributed by atoms with van der Waals surface area (Å²) in [5.41, 5.74) is 4.89. The molecule has 1 aromatic rings. The number of amides is 2. The zero-order valence-corrected chi connectivity index (χ0v) is 9.03. The van der Waals surface area contributed by atoms with Gasteiger partial charge in [0.05, 0.1) is 0 Å². The highest BCUT2D eigenvalue weighted by atomic mass is 16.2. The first-order valence-electron chi connectivity index (χ1n) is 4.64. The Kier molecular flexibility index (Phi) is 6.96. The molecule has 0 atom stereocenters. The van der Waals surface area contributed by atoms with Crippen molar-refractivity contribution in [1.82, 2.24) is 10.9 Å². The minimum atomic E-state index is -0.602. The molecule has 2 amide bonds. The third kappa shape index (κ3) is 6.48. The van der Waals surface area contributed by atoms with Crippen LogP contribution in [0.5, 0.6) is 0 Å². The minimum absolute atomic E-state index is 0.602. The van der Waals surface area contributed by atoms with Crippen molar-refractivity contribution >= 4 is 6.03 Å². The number of hydrazine groups is 2. The van der Waals surface area contributed by atoms with Gasteiger partial charge in [-0.1, -0.05) is 44.2 Å². The lowest BCUT2D eigenvalue weighted by molar-refractivity contribution is 0.241. The van der Waals surface area contributed by atoms with Crippen molar-refractivity contribution in [3.63, 3.8) is 0 Å². The summed E-state index contributed by atoms with van der Waals surface area (Å²) in [4.78, 5) is 9.71. The van der Waals surface area contributed by atoms with Gasteiger partial charge in [-0.2, -0.15) is 0 Å². The molecule has 0 radical (unpaired) electrons. The standard InChI is InChI=1S/C9H12.CH6N4O/c1-8(2)9-6-4-3-5-7-9;2-4-1(6)5-3/h3-8H,1-2H3;2-3H2,(H2,4,5,6). The van der Waals surface area contributed by atoms with Crippen molar-refractivity contribution < 1.29 is 4.79 Å². The molecule has 0 aromatic heterocycles. The monoisotopic (exact) mass is 210 g/mol. The summed E-state index contributed by atoms with van der Waals surface area (Å²) in [6.07, 6.45) is 0. The van der Waals surface area contributed by atoms with Gasteiger partial charge in [0.2, 0.25) is 0 Å². The molecule has 0 saturated carbocycles. The fourth-order valence-corrected chi connectivity index (χ4v) is 0.880. The molecule has 0 aliphatic carbocycles. The number of nitrogens with one attached hydrogen (secondary N) is 2. The molecule has 6 N–H and O–H groups in total. The Morgan fingerprint density at radius 1 is 1.13 bits per heavy atom. The Morgan fingerprint density at radius 3 is 1.80 bits per heavy atom. The second-order valence-electron chi connectivity index (χ2n) is 3.18. The van der Waals surface area contributed by atoms with Gasteiger partial charge in [0.25, 0.3) is 0 Å². The second kappa shape index (κ2) is 7.78. The van der Waals surface area contributed by atoms with E-state index in [2.05, 4.69) is 49.8 Å². The van der Waals surface area contributed by atoms with E-state index in [4.69, 9.17) is 0 Å².